The Labute approximate surface area is 119 Å². The van der Waals surface area contributed by atoms with Gasteiger partial charge in [-0.05, 0) is 22.9 Å². The van der Waals surface area contributed by atoms with Crippen LogP contribution in [0.4, 0.5) is 0 Å². The Balaban J connectivity index is 1.77. The number of nitrogens with zero attached hydrogens (tertiary/aromatic N) is 2. The molecule has 1 N–H and O–H groups in total. The SMILES string of the molecule is Cc1nc(CNC(c2cccs2)c2cccs2)no1. The summed E-state index contributed by atoms with van der Waals surface area (Å²) in [6.07, 6.45) is 0. The van der Waals surface area contributed by atoms with E-state index in [9.17, 15) is 0 Å². The summed E-state index contributed by atoms with van der Waals surface area (Å²) in [4.78, 5) is 6.80. The summed E-state index contributed by atoms with van der Waals surface area (Å²) in [6.45, 7) is 2.39. The average molecular weight is 291 g/mol. The molecule has 3 aromatic heterocycles. The Hall–Kier alpha value is -1.50. The van der Waals surface area contributed by atoms with Crippen LogP contribution in [0.1, 0.15) is 27.5 Å². The van der Waals surface area contributed by atoms with Crippen LogP contribution in [-0.2, 0) is 6.54 Å². The van der Waals surface area contributed by atoms with Crippen LogP contribution in [0.25, 0.3) is 0 Å². The average Bonchev–Trinajstić information content (AvgIpc) is 3.11. The molecule has 0 saturated heterocycles. The van der Waals surface area contributed by atoms with Crippen LogP contribution in [-0.4, -0.2) is 10.1 Å². The maximum absolute atomic E-state index is 4.98. The van der Waals surface area contributed by atoms with E-state index in [1.165, 1.54) is 9.75 Å². The second kappa shape index (κ2) is 5.64. The Bertz CT molecular complexity index is 582. The first-order chi connectivity index (χ1) is 9.33. The number of aryl methyl sites for hydroxylation is 1. The van der Waals surface area contributed by atoms with Gasteiger partial charge in [-0.2, -0.15) is 4.98 Å². The van der Waals surface area contributed by atoms with E-state index in [1.807, 2.05) is 0 Å². The highest BCUT2D eigenvalue weighted by atomic mass is 32.1. The van der Waals surface area contributed by atoms with E-state index in [-0.39, 0.29) is 6.04 Å². The summed E-state index contributed by atoms with van der Waals surface area (Å²) in [5.41, 5.74) is 0. The first-order valence-electron chi connectivity index (χ1n) is 5.92. The highest BCUT2D eigenvalue weighted by Crippen LogP contribution is 2.29. The molecule has 0 fully saturated rings. The van der Waals surface area contributed by atoms with Crippen molar-refractivity contribution in [3.05, 3.63) is 56.5 Å². The molecule has 3 heterocycles. The van der Waals surface area contributed by atoms with Gasteiger partial charge in [0.2, 0.25) is 5.89 Å². The number of aromatic nitrogens is 2. The smallest absolute Gasteiger partial charge is 0.223 e. The van der Waals surface area contributed by atoms with Crippen molar-refractivity contribution in [2.45, 2.75) is 19.5 Å². The lowest BCUT2D eigenvalue weighted by molar-refractivity contribution is 0.384. The van der Waals surface area contributed by atoms with E-state index in [0.29, 0.717) is 18.3 Å². The predicted octanol–water partition coefficient (Wildman–Crippen LogP) is 3.38. The minimum atomic E-state index is 0.193. The molecule has 0 aliphatic rings. The summed E-state index contributed by atoms with van der Waals surface area (Å²) in [5.74, 6) is 1.29. The lowest BCUT2D eigenvalue weighted by Crippen LogP contribution is -2.21. The number of nitrogens with one attached hydrogen (secondary N) is 1. The molecular weight excluding hydrogens is 278 g/mol. The maximum atomic E-state index is 4.98. The number of thiophene rings is 2. The molecule has 19 heavy (non-hydrogen) atoms. The molecule has 3 rings (SSSR count). The summed E-state index contributed by atoms with van der Waals surface area (Å²) < 4.78 is 4.98. The van der Waals surface area contributed by atoms with Crippen molar-refractivity contribution in [2.75, 3.05) is 0 Å². The first-order valence-corrected chi connectivity index (χ1v) is 7.68. The van der Waals surface area contributed by atoms with Crippen LogP contribution in [0.2, 0.25) is 0 Å². The minimum Gasteiger partial charge on any atom is -0.340 e. The Morgan fingerprint density at radius 2 is 1.89 bits per heavy atom. The van der Waals surface area contributed by atoms with Gasteiger partial charge in [-0.25, -0.2) is 0 Å². The summed E-state index contributed by atoms with van der Waals surface area (Å²) in [5, 5.41) is 11.6. The van der Waals surface area contributed by atoms with Crippen LogP contribution < -0.4 is 5.32 Å². The van der Waals surface area contributed by atoms with E-state index in [2.05, 4.69) is 50.5 Å². The number of hydrogen-bond acceptors (Lipinski definition) is 6. The van der Waals surface area contributed by atoms with E-state index in [1.54, 1.807) is 29.6 Å². The number of rotatable bonds is 5. The molecule has 0 radical (unpaired) electrons. The second-order valence-electron chi connectivity index (χ2n) is 4.07. The van der Waals surface area contributed by atoms with E-state index in [4.69, 9.17) is 4.52 Å². The Morgan fingerprint density at radius 1 is 1.21 bits per heavy atom. The monoisotopic (exact) mass is 291 g/mol. The van der Waals surface area contributed by atoms with Crippen molar-refractivity contribution in [1.29, 1.82) is 0 Å². The molecule has 4 nitrogen and oxygen atoms in total. The fourth-order valence-corrected chi connectivity index (χ4v) is 3.57. The Morgan fingerprint density at radius 3 is 2.37 bits per heavy atom. The maximum Gasteiger partial charge on any atom is 0.223 e. The highest BCUT2D eigenvalue weighted by Gasteiger charge is 2.16. The summed E-state index contributed by atoms with van der Waals surface area (Å²) in [6, 6.07) is 8.62. The van der Waals surface area contributed by atoms with Gasteiger partial charge in [-0.15, -0.1) is 22.7 Å². The fourth-order valence-electron chi connectivity index (χ4n) is 1.86. The van der Waals surface area contributed by atoms with Gasteiger partial charge in [0, 0.05) is 16.7 Å². The molecule has 6 heteroatoms. The zero-order chi connectivity index (χ0) is 13.1. The molecule has 0 amide bonds. The third kappa shape index (κ3) is 2.91. The molecule has 0 unspecified atom stereocenters. The van der Waals surface area contributed by atoms with E-state index < -0.39 is 0 Å². The lowest BCUT2D eigenvalue weighted by Gasteiger charge is -2.14. The molecule has 0 atom stereocenters. The van der Waals surface area contributed by atoms with Gasteiger partial charge in [0.25, 0.3) is 0 Å². The zero-order valence-corrected chi connectivity index (χ0v) is 12.0. The van der Waals surface area contributed by atoms with Gasteiger partial charge in [-0.3, -0.25) is 5.32 Å². The van der Waals surface area contributed by atoms with Crippen molar-refractivity contribution in [3.63, 3.8) is 0 Å². The normalized spacial score (nSPS) is 11.3. The molecule has 0 bridgehead atoms. The quantitative estimate of drug-likeness (QED) is 0.783. The van der Waals surface area contributed by atoms with Crippen LogP contribution in [0, 0.1) is 6.92 Å². The largest absolute Gasteiger partial charge is 0.340 e. The first kappa shape index (κ1) is 12.5. The fraction of sp³-hybridized carbons (Fsp3) is 0.231. The topological polar surface area (TPSA) is 51.0 Å². The van der Waals surface area contributed by atoms with Crippen LogP contribution in [0.15, 0.2) is 39.5 Å². The summed E-state index contributed by atoms with van der Waals surface area (Å²) in [7, 11) is 0. The molecular formula is C13H13N3OS2. The van der Waals surface area contributed by atoms with Crippen molar-refractivity contribution < 1.29 is 4.52 Å². The standard InChI is InChI=1S/C13H13N3OS2/c1-9-15-12(16-17-9)8-14-13(10-4-2-6-18-10)11-5-3-7-19-11/h2-7,13-14H,8H2,1H3. The van der Waals surface area contributed by atoms with Crippen LogP contribution in [0.5, 0.6) is 0 Å². The number of hydrogen-bond donors (Lipinski definition) is 1. The molecule has 98 valence electrons. The Kier molecular flexibility index (Phi) is 3.72. The predicted molar refractivity (Wildman–Crippen MR) is 76.4 cm³/mol. The van der Waals surface area contributed by atoms with Gasteiger partial charge >= 0.3 is 0 Å². The van der Waals surface area contributed by atoms with Crippen molar-refractivity contribution in [1.82, 2.24) is 15.5 Å². The molecule has 0 aliphatic heterocycles. The molecule has 0 aromatic carbocycles. The van der Waals surface area contributed by atoms with Crippen molar-refractivity contribution >= 4 is 22.7 Å². The third-order valence-corrected chi connectivity index (χ3v) is 4.56. The van der Waals surface area contributed by atoms with Gasteiger partial charge in [-0.1, -0.05) is 17.3 Å². The zero-order valence-electron chi connectivity index (χ0n) is 10.4. The highest BCUT2D eigenvalue weighted by molar-refractivity contribution is 7.11. The van der Waals surface area contributed by atoms with Crippen molar-refractivity contribution in [3.8, 4) is 0 Å². The minimum absolute atomic E-state index is 0.193. The van der Waals surface area contributed by atoms with Gasteiger partial charge in [0.15, 0.2) is 5.82 Å². The van der Waals surface area contributed by atoms with E-state index in [0.717, 1.165) is 0 Å². The van der Waals surface area contributed by atoms with Crippen molar-refractivity contribution in [2.24, 2.45) is 0 Å². The molecule has 0 aliphatic carbocycles. The second-order valence-corrected chi connectivity index (χ2v) is 6.03. The third-order valence-electron chi connectivity index (χ3n) is 2.69. The van der Waals surface area contributed by atoms with Gasteiger partial charge in [0.1, 0.15) is 0 Å². The molecule has 3 aromatic rings. The molecule has 0 spiro atoms. The van der Waals surface area contributed by atoms with Crippen LogP contribution in [0.3, 0.4) is 0 Å². The summed E-state index contributed by atoms with van der Waals surface area (Å²) >= 11 is 3.50. The van der Waals surface area contributed by atoms with E-state index >= 15 is 0 Å². The molecule has 0 saturated carbocycles. The van der Waals surface area contributed by atoms with Gasteiger partial charge < -0.3 is 4.52 Å². The van der Waals surface area contributed by atoms with Gasteiger partial charge in [0.05, 0.1) is 12.6 Å². The lowest BCUT2D eigenvalue weighted by atomic mass is 10.2. The van der Waals surface area contributed by atoms with Crippen LogP contribution >= 0.6 is 22.7 Å².